The van der Waals surface area contributed by atoms with Crippen LogP contribution in [0.5, 0.6) is 0 Å². The average Bonchev–Trinajstić information content (AvgIpc) is 2.76. The van der Waals surface area contributed by atoms with Crippen molar-refractivity contribution in [3.05, 3.63) is 24.0 Å². The van der Waals surface area contributed by atoms with Gasteiger partial charge < -0.3 is 11.5 Å². The molecule has 4 N–H and O–H groups in total. The van der Waals surface area contributed by atoms with E-state index in [1.165, 1.54) is 4.68 Å². The number of hydrogen-bond donors (Lipinski definition) is 2. The van der Waals surface area contributed by atoms with Gasteiger partial charge in [-0.1, -0.05) is 0 Å². The fourth-order valence-electron chi connectivity index (χ4n) is 1.28. The highest BCUT2D eigenvalue weighted by molar-refractivity contribution is 5.55. The molecule has 0 amide bonds. The van der Waals surface area contributed by atoms with Gasteiger partial charge in [0.25, 0.3) is 5.95 Å². The summed E-state index contributed by atoms with van der Waals surface area (Å²) < 4.78 is 1.48. The summed E-state index contributed by atoms with van der Waals surface area (Å²) in [5, 5.41) is 3.98. The van der Waals surface area contributed by atoms with E-state index in [1.54, 1.807) is 18.5 Å². The van der Waals surface area contributed by atoms with E-state index >= 15 is 0 Å². The van der Waals surface area contributed by atoms with Crippen molar-refractivity contribution in [2.45, 2.75) is 6.42 Å². The van der Waals surface area contributed by atoms with Crippen molar-refractivity contribution in [3.8, 4) is 18.3 Å². The predicted molar refractivity (Wildman–Crippen MR) is 60.5 cm³/mol. The van der Waals surface area contributed by atoms with E-state index < -0.39 is 0 Å². The van der Waals surface area contributed by atoms with Gasteiger partial charge in [0, 0.05) is 24.4 Å². The van der Waals surface area contributed by atoms with Gasteiger partial charge in [0.15, 0.2) is 0 Å². The molecular weight excluding hydrogens is 204 g/mol. The summed E-state index contributed by atoms with van der Waals surface area (Å²) in [6.45, 7) is 0. The highest BCUT2D eigenvalue weighted by Crippen LogP contribution is 2.17. The lowest BCUT2D eigenvalue weighted by Gasteiger charge is -2.07. The van der Waals surface area contributed by atoms with Crippen LogP contribution in [0.15, 0.2) is 18.5 Å². The average molecular weight is 214 g/mol. The van der Waals surface area contributed by atoms with Crippen LogP contribution in [0, 0.1) is 12.3 Å². The molecule has 0 fully saturated rings. The molecule has 0 aliphatic rings. The number of aromatic nitrogens is 4. The molecule has 0 radical (unpaired) electrons. The molecule has 2 aromatic heterocycles. The molecule has 0 unspecified atom stereocenters. The van der Waals surface area contributed by atoms with Crippen LogP contribution >= 0.6 is 0 Å². The first-order valence-electron chi connectivity index (χ1n) is 4.57. The Morgan fingerprint density at radius 3 is 2.50 bits per heavy atom. The maximum Gasteiger partial charge on any atom is 0.254 e. The van der Waals surface area contributed by atoms with Gasteiger partial charge >= 0.3 is 0 Å². The van der Waals surface area contributed by atoms with Gasteiger partial charge in [0.05, 0.1) is 0 Å². The van der Waals surface area contributed by atoms with Gasteiger partial charge in [0.1, 0.15) is 11.6 Å². The summed E-state index contributed by atoms with van der Waals surface area (Å²) in [5.74, 6) is 3.37. The normalized spacial score (nSPS) is 9.94. The Bertz CT molecular complexity index is 514. The van der Waals surface area contributed by atoms with E-state index in [4.69, 9.17) is 17.9 Å². The van der Waals surface area contributed by atoms with Crippen LogP contribution in [0.4, 0.5) is 11.6 Å². The van der Waals surface area contributed by atoms with Crippen LogP contribution in [-0.2, 0) is 6.42 Å². The van der Waals surface area contributed by atoms with E-state index in [9.17, 15) is 0 Å². The van der Waals surface area contributed by atoms with Gasteiger partial charge in [-0.2, -0.15) is 15.1 Å². The monoisotopic (exact) mass is 214 g/mol. The van der Waals surface area contributed by atoms with Gasteiger partial charge in [0.2, 0.25) is 0 Å². The van der Waals surface area contributed by atoms with Crippen molar-refractivity contribution in [2.24, 2.45) is 0 Å². The molecule has 0 atom stereocenters. The number of nitrogens with zero attached hydrogens (tertiary/aromatic N) is 4. The van der Waals surface area contributed by atoms with Crippen LogP contribution in [0.2, 0.25) is 0 Å². The van der Waals surface area contributed by atoms with E-state index in [-0.39, 0.29) is 11.6 Å². The standard InChI is InChI=1S/C10H10N6/c1-2-4-7-8(11)14-10(15-9(7)12)16-6-3-5-13-16/h1,3,5-6H,4H2,(H4,11,12,14,15). The van der Waals surface area contributed by atoms with Crippen LogP contribution in [0.1, 0.15) is 5.56 Å². The van der Waals surface area contributed by atoms with Crippen LogP contribution in [0.25, 0.3) is 5.95 Å². The summed E-state index contributed by atoms with van der Waals surface area (Å²) >= 11 is 0. The molecule has 2 rings (SSSR count). The molecular formula is C10H10N6. The van der Waals surface area contributed by atoms with Crippen molar-refractivity contribution in [2.75, 3.05) is 11.5 Å². The summed E-state index contributed by atoms with van der Waals surface area (Å²) in [6, 6.07) is 1.76. The molecule has 6 heteroatoms. The first-order chi connectivity index (χ1) is 7.72. The number of rotatable bonds is 2. The SMILES string of the molecule is C#CCc1c(N)nc(-n2cccn2)nc1N. The second kappa shape index (κ2) is 3.90. The Morgan fingerprint density at radius 2 is 2.00 bits per heavy atom. The second-order valence-electron chi connectivity index (χ2n) is 3.10. The summed E-state index contributed by atoms with van der Waals surface area (Å²) in [6.07, 6.45) is 8.83. The highest BCUT2D eigenvalue weighted by Gasteiger charge is 2.10. The number of hydrogen-bond acceptors (Lipinski definition) is 5. The lowest BCUT2D eigenvalue weighted by Crippen LogP contribution is -2.10. The molecule has 6 nitrogen and oxygen atoms in total. The van der Waals surface area contributed by atoms with Gasteiger partial charge in [-0.3, -0.25) is 0 Å². The molecule has 2 heterocycles. The van der Waals surface area contributed by atoms with E-state index in [0.29, 0.717) is 17.9 Å². The minimum Gasteiger partial charge on any atom is -0.383 e. The molecule has 0 bridgehead atoms. The van der Waals surface area contributed by atoms with Crippen molar-refractivity contribution >= 4 is 11.6 Å². The third-order valence-electron chi connectivity index (χ3n) is 2.05. The number of nitrogens with two attached hydrogens (primary N) is 2. The zero-order chi connectivity index (χ0) is 11.5. The molecule has 80 valence electrons. The molecule has 0 aliphatic carbocycles. The zero-order valence-electron chi connectivity index (χ0n) is 8.46. The number of terminal acetylenes is 1. The topological polar surface area (TPSA) is 95.6 Å². The first-order valence-corrected chi connectivity index (χ1v) is 4.57. The summed E-state index contributed by atoms with van der Waals surface area (Å²) in [4.78, 5) is 8.17. The Hall–Kier alpha value is -2.55. The maximum absolute atomic E-state index is 5.75. The summed E-state index contributed by atoms with van der Waals surface area (Å²) in [7, 11) is 0. The molecule has 0 saturated heterocycles. The lowest BCUT2D eigenvalue weighted by molar-refractivity contribution is 0.809. The number of anilines is 2. The molecule has 0 aliphatic heterocycles. The highest BCUT2D eigenvalue weighted by atomic mass is 15.3. The van der Waals surface area contributed by atoms with Crippen molar-refractivity contribution in [1.82, 2.24) is 19.7 Å². The van der Waals surface area contributed by atoms with Crippen LogP contribution in [-0.4, -0.2) is 19.7 Å². The van der Waals surface area contributed by atoms with Gasteiger partial charge in [-0.25, -0.2) is 4.68 Å². The third kappa shape index (κ3) is 1.66. The maximum atomic E-state index is 5.75. The Morgan fingerprint density at radius 1 is 1.31 bits per heavy atom. The van der Waals surface area contributed by atoms with Crippen molar-refractivity contribution < 1.29 is 0 Å². The minimum absolute atomic E-state index is 0.288. The van der Waals surface area contributed by atoms with E-state index in [2.05, 4.69) is 21.0 Å². The number of nitrogen functional groups attached to an aromatic ring is 2. The van der Waals surface area contributed by atoms with Gasteiger partial charge in [-0.15, -0.1) is 12.3 Å². The smallest absolute Gasteiger partial charge is 0.254 e. The quantitative estimate of drug-likeness (QED) is 0.686. The molecule has 0 aromatic carbocycles. The molecule has 0 saturated carbocycles. The molecule has 0 spiro atoms. The van der Waals surface area contributed by atoms with E-state index in [0.717, 1.165) is 0 Å². The van der Waals surface area contributed by atoms with Crippen molar-refractivity contribution in [3.63, 3.8) is 0 Å². The van der Waals surface area contributed by atoms with Gasteiger partial charge in [-0.05, 0) is 6.07 Å². The Balaban J connectivity index is 2.50. The molecule has 16 heavy (non-hydrogen) atoms. The Labute approximate surface area is 92.3 Å². The van der Waals surface area contributed by atoms with Crippen LogP contribution in [0.3, 0.4) is 0 Å². The first kappa shape index (κ1) is 9.98. The Kier molecular flexibility index (Phi) is 2.44. The fourth-order valence-corrected chi connectivity index (χ4v) is 1.28. The lowest BCUT2D eigenvalue weighted by atomic mass is 10.2. The predicted octanol–water partition coefficient (Wildman–Crippen LogP) is 0.00240. The zero-order valence-corrected chi connectivity index (χ0v) is 8.46. The van der Waals surface area contributed by atoms with Crippen LogP contribution < -0.4 is 11.5 Å². The van der Waals surface area contributed by atoms with E-state index in [1.807, 2.05) is 0 Å². The summed E-state index contributed by atoms with van der Waals surface area (Å²) in [5.41, 5.74) is 12.1. The second-order valence-corrected chi connectivity index (χ2v) is 3.10. The fraction of sp³-hybridized carbons (Fsp3) is 0.100. The largest absolute Gasteiger partial charge is 0.383 e. The molecule has 2 aromatic rings. The minimum atomic E-state index is 0.288. The van der Waals surface area contributed by atoms with Crippen molar-refractivity contribution in [1.29, 1.82) is 0 Å². The third-order valence-corrected chi connectivity index (χ3v) is 2.05.